The van der Waals surface area contributed by atoms with Gasteiger partial charge in [-0.3, -0.25) is 9.98 Å². The zero-order valence-electron chi connectivity index (χ0n) is 34.8. The van der Waals surface area contributed by atoms with Gasteiger partial charge in [0.25, 0.3) is 0 Å². The molecule has 5 aromatic carbocycles. The Morgan fingerprint density at radius 3 is 2.32 bits per heavy atom. The summed E-state index contributed by atoms with van der Waals surface area (Å²) in [6.07, 6.45) is 25.0. The third kappa shape index (κ3) is 5.40. The van der Waals surface area contributed by atoms with Crippen LogP contribution in [0.1, 0.15) is 74.8 Å². The van der Waals surface area contributed by atoms with Crippen LogP contribution in [0.2, 0.25) is 0 Å². The van der Waals surface area contributed by atoms with Crippen LogP contribution in [0.5, 0.6) is 0 Å². The molecule has 0 spiro atoms. The molecule has 7 aromatic rings. The van der Waals surface area contributed by atoms with E-state index in [0.717, 1.165) is 47.5 Å². The minimum absolute atomic E-state index is 0.0199. The Morgan fingerprint density at radius 1 is 0.742 bits per heavy atom. The molecule has 3 nitrogen and oxygen atoms in total. The van der Waals surface area contributed by atoms with Crippen molar-refractivity contribution in [1.82, 2.24) is 9.97 Å². The van der Waals surface area contributed by atoms with Crippen molar-refractivity contribution in [1.29, 1.82) is 0 Å². The van der Waals surface area contributed by atoms with Gasteiger partial charge in [-0.2, -0.15) is 0 Å². The highest BCUT2D eigenvalue weighted by Crippen LogP contribution is 2.62. The number of fused-ring (bicyclic) bond motifs is 8. The Morgan fingerprint density at radius 2 is 1.50 bits per heavy atom. The molecular formula is C59H45N3. The van der Waals surface area contributed by atoms with Gasteiger partial charge in [0.2, 0.25) is 0 Å². The molecule has 0 fully saturated rings. The number of allylic oxidation sites excluding steroid dienone is 6. The van der Waals surface area contributed by atoms with Gasteiger partial charge >= 0.3 is 0 Å². The molecule has 0 saturated heterocycles. The number of pyridine rings is 2. The largest absolute Gasteiger partial charge is 0.282 e. The Kier molecular flexibility index (Phi) is 8.54. The maximum absolute atomic E-state index is 5.38. The van der Waals surface area contributed by atoms with Crippen LogP contribution in [0.15, 0.2) is 187 Å². The molecule has 3 heteroatoms. The molecule has 0 bridgehead atoms. The van der Waals surface area contributed by atoms with E-state index in [2.05, 4.69) is 177 Å². The maximum atomic E-state index is 5.38. The summed E-state index contributed by atoms with van der Waals surface area (Å²) in [7, 11) is 0. The summed E-state index contributed by atoms with van der Waals surface area (Å²) in [6, 6.07) is 47.2. The molecule has 4 unspecified atom stereocenters. The maximum Gasteiger partial charge on any atom is 0.102 e. The molecule has 0 saturated carbocycles. The number of aliphatic imine (C=N–C) groups is 1. The van der Waals surface area contributed by atoms with Crippen LogP contribution in [0, 0.1) is 18.8 Å². The normalized spacial score (nSPS) is 21.5. The molecule has 1 aliphatic heterocycles. The number of dihydropyridines is 1. The molecule has 5 aliphatic rings. The SMILES string of the molecule is C=Cc1nc(-c2ccc(-c3ccc(C4=CC5C=CC=NC5c5ncccc54)c4ccccc34)cc2)c2c(c1C)CC1C(=C2)c2ccccc2C1(C1=CC=CCC1)c1ccccc1. The zero-order chi connectivity index (χ0) is 41.4. The van der Waals surface area contributed by atoms with Gasteiger partial charge < -0.3 is 0 Å². The number of benzene rings is 5. The number of rotatable bonds is 6. The molecule has 4 atom stereocenters. The first-order valence-electron chi connectivity index (χ1n) is 22.0. The van der Waals surface area contributed by atoms with Crippen LogP contribution >= 0.6 is 0 Å². The number of hydrogen-bond acceptors (Lipinski definition) is 3. The average Bonchev–Trinajstić information content (AvgIpc) is 3.64. The minimum atomic E-state index is -0.256. The second-order valence-electron chi connectivity index (χ2n) is 17.3. The molecule has 3 heterocycles. The first kappa shape index (κ1) is 36.6. The minimum Gasteiger partial charge on any atom is -0.282 e. The van der Waals surface area contributed by atoms with Gasteiger partial charge in [-0.15, -0.1) is 0 Å². The van der Waals surface area contributed by atoms with E-state index in [1.54, 1.807) is 0 Å². The monoisotopic (exact) mass is 795 g/mol. The van der Waals surface area contributed by atoms with Crippen LogP contribution < -0.4 is 0 Å². The second kappa shape index (κ2) is 14.5. The van der Waals surface area contributed by atoms with Crippen LogP contribution in [-0.2, 0) is 11.8 Å². The van der Waals surface area contributed by atoms with E-state index in [4.69, 9.17) is 15.0 Å². The van der Waals surface area contributed by atoms with Gasteiger partial charge in [0.05, 0.1) is 17.1 Å². The van der Waals surface area contributed by atoms with Crippen molar-refractivity contribution in [3.05, 3.63) is 238 Å². The lowest BCUT2D eigenvalue weighted by Crippen LogP contribution is -2.38. The van der Waals surface area contributed by atoms with Crippen LogP contribution in [0.25, 0.3) is 56.5 Å². The number of aromatic nitrogens is 2. The van der Waals surface area contributed by atoms with E-state index < -0.39 is 0 Å². The quantitative estimate of drug-likeness (QED) is 0.168. The van der Waals surface area contributed by atoms with Gasteiger partial charge in [0.1, 0.15) is 6.04 Å². The van der Waals surface area contributed by atoms with Crippen LogP contribution in [0.3, 0.4) is 0 Å². The lowest BCUT2D eigenvalue weighted by molar-refractivity contribution is 0.453. The Balaban J connectivity index is 0.972. The van der Waals surface area contributed by atoms with E-state index in [-0.39, 0.29) is 23.3 Å². The summed E-state index contributed by atoms with van der Waals surface area (Å²) in [4.78, 5) is 15.1. The predicted molar refractivity (Wildman–Crippen MR) is 258 cm³/mol. The lowest BCUT2D eigenvalue weighted by atomic mass is 9.60. The Hall–Kier alpha value is -7.23. The van der Waals surface area contributed by atoms with E-state index in [1.165, 1.54) is 77.6 Å². The van der Waals surface area contributed by atoms with Gasteiger partial charge in [-0.1, -0.05) is 164 Å². The molecule has 2 aromatic heterocycles. The lowest BCUT2D eigenvalue weighted by Gasteiger charge is -2.42. The first-order chi connectivity index (χ1) is 30.6. The van der Waals surface area contributed by atoms with E-state index in [9.17, 15) is 0 Å². The van der Waals surface area contributed by atoms with Crippen molar-refractivity contribution in [3.8, 4) is 22.4 Å². The van der Waals surface area contributed by atoms with Crippen molar-refractivity contribution >= 4 is 40.3 Å². The summed E-state index contributed by atoms with van der Waals surface area (Å²) < 4.78 is 0. The molecule has 4 aliphatic carbocycles. The fourth-order valence-corrected chi connectivity index (χ4v) is 11.6. The van der Waals surface area contributed by atoms with Crippen molar-refractivity contribution in [2.45, 2.75) is 37.6 Å². The second-order valence-corrected chi connectivity index (χ2v) is 17.3. The van der Waals surface area contributed by atoms with Crippen molar-refractivity contribution in [2.75, 3.05) is 0 Å². The van der Waals surface area contributed by atoms with Crippen LogP contribution in [-0.4, -0.2) is 16.2 Å². The standard InChI is InChI=1S/C59H45N3/c1-3-55-37(2)49-36-54-51(47-23-12-13-25-53(47)59(54,41-17-6-4-7-18-41)42-19-8-5-9-20-42)35-52(49)56(62-55)39-28-26-38(27-29-39)43-30-31-46(45-22-11-10-21-44(43)45)50-34-40-16-14-32-60-57(40)58-48(50)24-15-33-61-58/h3-8,10-19,21-35,40,54,57H,1,9,20,36H2,2H3. The fourth-order valence-electron chi connectivity index (χ4n) is 11.6. The number of hydrogen-bond donors (Lipinski definition) is 0. The average molecular weight is 796 g/mol. The topological polar surface area (TPSA) is 38.1 Å². The molecular weight excluding hydrogens is 751 g/mol. The summed E-state index contributed by atoms with van der Waals surface area (Å²) >= 11 is 0. The van der Waals surface area contributed by atoms with E-state index in [1.807, 2.05) is 24.6 Å². The fraction of sp³-hybridized carbons (Fsp3) is 0.136. The Labute approximate surface area is 363 Å². The highest BCUT2D eigenvalue weighted by atomic mass is 14.9. The molecule has 0 N–H and O–H groups in total. The summed E-state index contributed by atoms with van der Waals surface area (Å²) in [5, 5.41) is 2.45. The summed E-state index contributed by atoms with van der Waals surface area (Å²) in [5.74, 6) is 0.426. The highest BCUT2D eigenvalue weighted by Gasteiger charge is 2.53. The third-order valence-corrected chi connectivity index (χ3v) is 14.3. The summed E-state index contributed by atoms with van der Waals surface area (Å²) in [6.45, 7) is 6.51. The first-order valence-corrected chi connectivity index (χ1v) is 22.0. The van der Waals surface area contributed by atoms with Crippen molar-refractivity contribution in [3.63, 3.8) is 0 Å². The van der Waals surface area contributed by atoms with Crippen molar-refractivity contribution in [2.24, 2.45) is 16.8 Å². The van der Waals surface area contributed by atoms with E-state index in [0.29, 0.717) is 0 Å². The molecule has 296 valence electrons. The smallest absolute Gasteiger partial charge is 0.102 e. The van der Waals surface area contributed by atoms with Gasteiger partial charge in [-0.05, 0) is 117 Å². The Bertz CT molecular complexity index is 3190. The highest BCUT2D eigenvalue weighted by molar-refractivity contribution is 6.05. The summed E-state index contributed by atoms with van der Waals surface area (Å²) in [5.41, 5.74) is 20.8. The molecule has 62 heavy (non-hydrogen) atoms. The van der Waals surface area contributed by atoms with Gasteiger partial charge in [-0.25, -0.2) is 4.98 Å². The number of nitrogens with zero attached hydrogens (tertiary/aromatic N) is 3. The van der Waals surface area contributed by atoms with Crippen molar-refractivity contribution < 1.29 is 0 Å². The molecule has 0 radical (unpaired) electrons. The van der Waals surface area contributed by atoms with E-state index >= 15 is 0 Å². The zero-order valence-corrected chi connectivity index (χ0v) is 34.8. The third-order valence-electron chi connectivity index (χ3n) is 14.3. The van der Waals surface area contributed by atoms with Crippen LogP contribution in [0.4, 0.5) is 0 Å². The molecule has 0 amide bonds. The predicted octanol–water partition coefficient (Wildman–Crippen LogP) is 13.9. The molecule has 12 rings (SSSR count). The van der Waals surface area contributed by atoms with Gasteiger partial charge in [0.15, 0.2) is 0 Å². The van der Waals surface area contributed by atoms with Gasteiger partial charge in [0, 0.05) is 46.4 Å².